The molecule has 2 nitrogen and oxygen atoms in total. The van der Waals surface area contributed by atoms with Crippen LogP contribution in [0.5, 0.6) is 0 Å². The first kappa shape index (κ1) is 13.9. The summed E-state index contributed by atoms with van der Waals surface area (Å²) in [6, 6.07) is 5.80. The number of carbonyl (C=O) groups is 1. The normalized spacial score (nSPS) is 19.6. The molecule has 1 atom stereocenters. The highest BCUT2D eigenvalue weighted by Gasteiger charge is 2.15. The summed E-state index contributed by atoms with van der Waals surface area (Å²) in [6.07, 6.45) is 3.84. The highest BCUT2D eigenvalue weighted by molar-refractivity contribution is 9.10. The maximum atomic E-state index is 12.1. The Hall–Kier alpha value is -0.480. The van der Waals surface area contributed by atoms with E-state index in [9.17, 15) is 4.79 Å². The first-order valence-corrected chi connectivity index (χ1v) is 8.16. The molecule has 0 saturated carbocycles. The van der Waals surface area contributed by atoms with Gasteiger partial charge in [0.2, 0.25) is 0 Å². The molecule has 1 aromatic carbocycles. The molecule has 0 aliphatic carbocycles. The van der Waals surface area contributed by atoms with Crippen molar-refractivity contribution in [2.75, 3.05) is 12.3 Å². The van der Waals surface area contributed by atoms with Crippen molar-refractivity contribution in [3.05, 3.63) is 33.8 Å². The van der Waals surface area contributed by atoms with Crippen molar-refractivity contribution in [3.63, 3.8) is 0 Å². The molecule has 1 unspecified atom stereocenters. The molecule has 1 amide bonds. The van der Waals surface area contributed by atoms with E-state index in [0.717, 1.165) is 22.1 Å². The third-order valence-corrected chi connectivity index (χ3v) is 4.92. The number of hydrogen-bond acceptors (Lipinski definition) is 2. The van der Waals surface area contributed by atoms with Crippen molar-refractivity contribution in [1.82, 2.24) is 5.32 Å². The SMILES string of the molecule is Cc1cc(Br)cc(C(=O)NCC2CCCCS2)c1. The van der Waals surface area contributed by atoms with E-state index >= 15 is 0 Å². The van der Waals surface area contributed by atoms with E-state index in [1.807, 2.05) is 36.9 Å². The van der Waals surface area contributed by atoms with Gasteiger partial charge in [0.05, 0.1) is 0 Å². The maximum absolute atomic E-state index is 12.1. The van der Waals surface area contributed by atoms with Crippen LogP contribution in [0, 0.1) is 6.92 Å². The van der Waals surface area contributed by atoms with E-state index in [4.69, 9.17) is 0 Å². The third kappa shape index (κ3) is 4.02. The lowest BCUT2D eigenvalue weighted by atomic mass is 10.1. The molecule has 18 heavy (non-hydrogen) atoms. The molecule has 1 aliphatic heterocycles. The highest BCUT2D eigenvalue weighted by atomic mass is 79.9. The number of aryl methyl sites for hydroxylation is 1. The first-order chi connectivity index (χ1) is 8.65. The van der Waals surface area contributed by atoms with Crippen LogP contribution in [0.15, 0.2) is 22.7 Å². The van der Waals surface area contributed by atoms with Gasteiger partial charge in [-0.25, -0.2) is 0 Å². The zero-order valence-electron chi connectivity index (χ0n) is 10.5. The molecule has 4 heteroatoms. The number of carbonyl (C=O) groups excluding carboxylic acids is 1. The lowest BCUT2D eigenvalue weighted by Crippen LogP contribution is -2.31. The minimum atomic E-state index is 0.0329. The van der Waals surface area contributed by atoms with Gasteiger partial charge in [0.25, 0.3) is 5.91 Å². The number of hydrogen-bond donors (Lipinski definition) is 1. The number of amides is 1. The number of thioether (sulfide) groups is 1. The van der Waals surface area contributed by atoms with Crippen molar-refractivity contribution in [1.29, 1.82) is 0 Å². The molecule has 2 rings (SSSR count). The standard InChI is InChI=1S/C14H18BrNOS/c1-10-6-11(8-12(15)7-10)14(17)16-9-13-4-2-3-5-18-13/h6-8,13H,2-5,9H2,1H3,(H,16,17). The van der Waals surface area contributed by atoms with Gasteiger partial charge in [-0.1, -0.05) is 22.4 Å². The predicted octanol–water partition coefficient (Wildman–Crippen LogP) is 3.77. The Kier molecular flexibility index (Phi) is 5.13. The largest absolute Gasteiger partial charge is 0.351 e. The van der Waals surface area contributed by atoms with Crippen LogP contribution in [-0.4, -0.2) is 23.5 Å². The second kappa shape index (κ2) is 6.62. The van der Waals surface area contributed by atoms with Gasteiger partial charge in [-0.15, -0.1) is 0 Å². The fourth-order valence-electron chi connectivity index (χ4n) is 2.14. The average Bonchev–Trinajstić information content (AvgIpc) is 2.36. The van der Waals surface area contributed by atoms with Crippen molar-refractivity contribution in [3.8, 4) is 0 Å². The fraction of sp³-hybridized carbons (Fsp3) is 0.500. The molecule has 1 fully saturated rings. The minimum absolute atomic E-state index is 0.0329. The van der Waals surface area contributed by atoms with Crippen LogP contribution in [0.25, 0.3) is 0 Å². The monoisotopic (exact) mass is 327 g/mol. The van der Waals surface area contributed by atoms with E-state index in [1.165, 1.54) is 25.0 Å². The van der Waals surface area contributed by atoms with Crippen LogP contribution >= 0.6 is 27.7 Å². The molecule has 0 aromatic heterocycles. The summed E-state index contributed by atoms with van der Waals surface area (Å²) in [5.41, 5.74) is 1.84. The van der Waals surface area contributed by atoms with Gasteiger partial charge < -0.3 is 5.32 Å². The molecule has 1 aliphatic rings. The Balaban J connectivity index is 1.90. The van der Waals surface area contributed by atoms with Gasteiger partial charge in [0.1, 0.15) is 0 Å². The minimum Gasteiger partial charge on any atom is -0.351 e. The Morgan fingerprint density at radius 3 is 2.94 bits per heavy atom. The average molecular weight is 328 g/mol. The first-order valence-electron chi connectivity index (χ1n) is 6.32. The van der Waals surface area contributed by atoms with Gasteiger partial charge in [-0.2, -0.15) is 11.8 Å². The number of rotatable bonds is 3. The Morgan fingerprint density at radius 2 is 2.28 bits per heavy atom. The van der Waals surface area contributed by atoms with Gasteiger partial charge in [-0.05, 0) is 49.3 Å². The van der Waals surface area contributed by atoms with Crippen LogP contribution < -0.4 is 5.32 Å². The van der Waals surface area contributed by atoms with E-state index in [2.05, 4.69) is 21.2 Å². The summed E-state index contributed by atoms with van der Waals surface area (Å²) in [6.45, 7) is 2.79. The molecule has 1 heterocycles. The summed E-state index contributed by atoms with van der Waals surface area (Å²) < 4.78 is 0.958. The summed E-state index contributed by atoms with van der Waals surface area (Å²) in [5, 5.41) is 3.64. The molecule has 1 N–H and O–H groups in total. The van der Waals surface area contributed by atoms with E-state index in [0.29, 0.717) is 5.25 Å². The van der Waals surface area contributed by atoms with Gasteiger partial charge in [0.15, 0.2) is 0 Å². The van der Waals surface area contributed by atoms with Gasteiger partial charge >= 0.3 is 0 Å². The quantitative estimate of drug-likeness (QED) is 0.915. The topological polar surface area (TPSA) is 29.1 Å². The van der Waals surface area contributed by atoms with Crippen LogP contribution in [0.3, 0.4) is 0 Å². The van der Waals surface area contributed by atoms with Crippen molar-refractivity contribution >= 4 is 33.6 Å². The van der Waals surface area contributed by atoms with Crippen LogP contribution in [-0.2, 0) is 0 Å². The molecule has 0 bridgehead atoms. The van der Waals surface area contributed by atoms with E-state index in [1.54, 1.807) is 0 Å². The zero-order valence-corrected chi connectivity index (χ0v) is 12.9. The number of nitrogens with one attached hydrogen (secondary N) is 1. The van der Waals surface area contributed by atoms with Gasteiger partial charge in [0, 0.05) is 21.8 Å². The Morgan fingerprint density at radius 1 is 1.44 bits per heavy atom. The lowest BCUT2D eigenvalue weighted by Gasteiger charge is -2.21. The second-order valence-corrected chi connectivity index (χ2v) is 7.04. The summed E-state index contributed by atoms with van der Waals surface area (Å²) in [4.78, 5) is 12.1. The molecule has 98 valence electrons. The maximum Gasteiger partial charge on any atom is 0.251 e. The molecule has 0 spiro atoms. The summed E-state index contributed by atoms with van der Waals surface area (Å²) in [5.74, 6) is 1.27. The second-order valence-electron chi connectivity index (χ2n) is 4.72. The molecule has 1 aromatic rings. The molecule has 1 saturated heterocycles. The zero-order chi connectivity index (χ0) is 13.0. The smallest absolute Gasteiger partial charge is 0.251 e. The van der Waals surface area contributed by atoms with Crippen LogP contribution in [0.4, 0.5) is 0 Å². The number of halogens is 1. The summed E-state index contributed by atoms with van der Waals surface area (Å²) >= 11 is 5.41. The molecular formula is C14H18BrNOS. The van der Waals surface area contributed by atoms with Crippen LogP contribution in [0.1, 0.15) is 35.2 Å². The van der Waals surface area contributed by atoms with E-state index in [-0.39, 0.29) is 5.91 Å². The van der Waals surface area contributed by atoms with E-state index < -0.39 is 0 Å². The Bertz CT molecular complexity index is 410. The molecule has 0 radical (unpaired) electrons. The van der Waals surface area contributed by atoms with Gasteiger partial charge in [-0.3, -0.25) is 4.79 Å². The molecular weight excluding hydrogens is 310 g/mol. The van der Waals surface area contributed by atoms with Crippen molar-refractivity contribution < 1.29 is 4.79 Å². The van der Waals surface area contributed by atoms with Crippen LogP contribution in [0.2, 0.25) is 0 Å². The fourth-order valence-corrected chi connectivity index (χ4v) is 3.99. The summed E-state index contributed by atoms with van der Waals surface area (Å²) in [7, 11) is 0. The Labute approximate surface area is 121 Å². The highest BCUT2D eigenvalue weighted by Crippen LogP contribution is 2.24. The predicted molar refractivity (Wildman–Crippen MR) is 81.3 cm³/mol. The van der Waals surface area contributed by atoms with Crippen molar-refractivity contribution in [2.24, 2.45) is 0 Å². The van der Waals surface area contributed by atoms with Crippen molar-refractivity contribution in [2.45, 2.75) is 31.4 Å². The third-order valence-electron chi connectivity index (χ3n) is 3.07. The lowest BCUT2D eigenvalue weighted by molar-refractivity contribution is 0.0953. The number of benzene rings is 1.